The lowest BCUT2D eigenvalue weighted by Crippen LogP contribution is -2.27. The average Bonchev–Trinajstić information content (AvgIpc) is 3.00. The van der Waals surface area contributed by atoms with Crippen LogP contribution in [-0.2, 0) is 4.79 Å². The summed E-state index contributed by atoms with van der Waals surface area (Å²) >= 11 is 6.60. The number of benzene rings is 1. The lowest BCUT2D eigenvalue weighted by atomic mass is 10.2. The van der Waals surface area contributed by atoms with Crippen molar-refractivity contribution in [3.63, 3.8) is 0 Å². The summed E-state index contributed by atoms with van der Waals surface area (Å²) in [6.07, 6.45) is 3.56. The maximum Gasteiger partial charge on any atom is 0.266 e. The first-order chi connectivity index (χ1) is 11.9. The Hall–Kier alpha value is -2.31. The summed E-state index contributed by atoms with van der Waals surface area (Å²) < 4.78 is 2.65. The van der Waals surface area contributed by atoms with Gasteiger partial charge in [0.05, 0.1) is 4.91 Å². The Morgan fingerprint density at radius 1 is 1.28 bits per heavy atom. The molecule has 0 unspecified atom stereocenters. The summed E-state index contributed by atoms with van der Waals surface area (Å²) in [5.74, 6) is 0.154. The summed E-state index contributed by atoms with van der Waals surface area (Å²) in [5.41, 5.74) is 4.02. The smallest absolute Gasteiger partial charge is 0.266 e. The van der Waals surface area contributed by atoms with Crippen LogP contribution in [0, 0.1) is 13.8 Å². The Labute approximate surface area is 156 Å². The van der Waals surface area contributed by atoms with Crippen molar-refractivity contribution in [3.05, 3.63) is 64.8 Å². The third-order valence-corrected chi connectivity index (χ3v) is 5.43. The Balaban J connectivity index is 1.99. The highest BCUT2D eigenvalue weighted by Crippen LogP contribution is 2.34. The minimum absolute atomic E-state index is 0.0793. The molecule has 1 saturated heterocycles. The van der Waals surface area contributed by atoms with Gasteiger partial charge in [0.2, 0.25) is 0 Å². The zero-order chi connectivity index (χ0) is 18.1. The van der Waals surface area contributed by atoms with E-state index >= 15 is 0 Å². The molecule has 25 heavy (non-hydrogen) atoms. The van der Waals surface area contributed by atoms with Crippen LogP contribution in [0.15, 0.2) is 47.9 Å². The lowest BCUT2D eigenvalue weighted by Gasteiger charge is -2.10. The molecule has 4 nitrogen and oxygen atoms in total. The summed E-state index contributed by atoms with van der Waals surface area (Å²) in [5, 5.41) is 9.48. The number of nitrogens with zero attached hydrogens (tertiary/aromatic N) is 2. The molecule has 2 heterocycles. The van der Waals surface area contributed by atoms with Crippen LogP contribution in [0.4, 0.5) is 0 Å². The topological polar surface area (TPSA) is 45.5 Å². The largest absolute Gasteiger partial charge is 0.508 e. The van der Waals surface area contributed by atoms with E-state index in [1.54, 1.807) is 23.1 Å². The van der Waals surface area contributed by atoms with Crippen LogP contribution in [0.25, 0.3) is 11.8 Å². The third kappa shape index (κ3) is 3.27. The summed E-state index contributed by atoms with van der Waals surface area (Å²) in [4.78, 5) is 14.7. The normalized spacial score (nSPS) is 16.1. The van der Waals surface area contributed by atoms with Gasteiger partial charge in [0, 0.05) is 23.6 Å². The van der Waals surface area contributed by atoms with Gasteiger partial charge < -0.3 is 9.67 Å². The molecule has 1 fully saturated rings. The molecule has 0 saturated carbocycles. The lowest BCUT2D eigenvalue weighted by molar-refractivity contribution is -0.121. The molecule has 2 aromatic rings. The summed E-state index contributed by atoms with van der Waals surface area (Å²) in [7, 11) is 0. The molecule has 128 valence electrons. The van der Waals surface area contributed by atoms with Crippen molar-refractivity contribution in [3.8, 4) is 11.4 Å². The number of phenolic OH excluding ortho intramolecular Hbond substituents is 1. The Kier molecular flexibility index (Phi) is 4.83. The monoisotopic (exact) mass is 370 g/mol. The molecule has 6 heteroatoms. The van der Waals surface area contributed by atoms with Crippen molar-refractivity contribution < 1.29 is 9.90 Å². The molecule has 0 bridgehead atoms. The van der Waals surface area contributed by atoms with E-state index in [1.807, 2.05) is 38.1 Å². The average molecular weight is 370 g/mol. The second-order valence-electron chi connectivity index (χ2n) is 5.76. The number of aromatic nitrogens is 1. The van der Waals surface area contributed by atoms with Crippen molar-refractivity contribution in [1.29, 1.82) is 0 Å². The highest BCUT2D eigenvalue weighted by atomic mass is 32.2. The fraction of sp³-hybridized carbons (Fsp3) is 0.158. The number of aryl methyl sites for hydroxylation is 1. The van der Waals surface area contributed by atoms with E-state index in [-0.39, 0.29) is 11.7 Å². The fourth-order valence-electron chi connectivity index (χ4n) is 2.86. The predicted molar refractivity (Wildman–Crippen MR) is 107 cm³/mol. The van der Waals surface area contributed by atoms with E-state index in [0.717, 1.165) is 22.6 Å². The molecule has 1 aromatic carbocycles. The van der Waals surface area contributed by atoms with Gasteiger partial charge in [-0.05, 0) is 55.8 Å². The van der Waals surface area contributed by atoms with E-state index in [2.05, 4.69) is 11.1 Å². The Morgan fingerprint density at radius 2 is 1.96 bits per heavy atom. The van der Waals surface area contributed by atoms with Crippen LogP contribution in [0.3, 0.4) is 0 Å². The van der Waals surface area contributed by atoms with Gasteiger partial charge in [-0.2, -0.15) is 0 Å². The fourth-order valence-corrected chi connectivity index (χ4v) is 4.13. The highest BCUT2D eigenvalue weighted by molar-refractivity contribution is 8.26. The number of hydrogen-bond acceptors (Lipinski definition) is 4. The number of rotatable bonds is 4. The number of thioether (sulfide) groups is 1. The molecule has 1 aliphatic rings. The van der Waals surface area contributed by atoms with Crippen LogP contribution in [0.5, 0.6) is 5.75 Å². The standard InChI is InChI=1S/C19H18N2O2S2/c1-4-9-20-18(23)17(25-19(20)24)11-14-10-12(2)21(13(14)3)15-5-7-16(22)8-6-15/h4-8,10-11,22H,1,9H2,2-3H3/b17-11+. The number of hydrogen-bond donors (Lipinski definition) is 1. The quantitative estimate of drug-likeness (QED) is 0.498. The van der Waals surface area contributed by atoms with Crippen molar-refractivity contribution in [1.82, 2.24) is 9.47 Å². The third-order valence-electron chi connectivity index (χ3n) is 4.05. The molecule has 1 N–H and O–H groups in total. The SMILES string of the molecule is C=CCN1C(=O)/C(=C\c2cc(C)n(-c3ccc(O)cc3)c2C)SC1=S. The highest BCUT2D eigenvalue weighted by Gasteiger charge is 2.31. The van der Waals surface area contributed by atoms with Gasteiger partial charge in [0.1, 0.15) is 10.1 Å². The number of thiocarbonyl (C=S) groups is 1. The second kappa shape index (κ2) is 6.90. The summed E-state index contributed by atoms with van der Waals surface area (Å²) in [6.45, 7) is 8.12. The number of carbonyl (C=O) groups excluding carboxylic acids is 1. The molecule has 1 amide bonds. The van der Waals surface area contributed by atoms with E-state index in [0.29, 0.717) is 15.8 Å². The molecule has 0 radical (unpaired) electrons. The van der Waals surface area contributed by atoms with Crippen LogP contribution >= 0.6 is 24.0 Å². The molecule has 0 aliphatic carbocycles. The minimum atomic E-state index is -0.0793. The molecular weight excluding hydrogens is 352 g/mol. The van der Waals surface area contributed by atoms with Gasteiger partial charge in [0.25, 0.3) is 5.91 Å². The molecular formula is C19H18N2O2S2. The van der Waals surface area contributed by atoms with Crippen molar-refractivity contribution >= 4 is 40.3 Å². The molecule has 1 aliphatic heterocycles. The molecule has 3 rings (SSSR count). The zero-order valence-electron chi connectivity index (χ0n) is 14.0. The van der Waals surface area contributed by atoms with Crippen LogP contribution in [-0.4, -0.2) is 31.3 Å². The minimum Gasteiger partial charge on any atom is -0.508 e. The molecule has 0 spiro atoms. The van der Waals surface area contributed by atoms with Gasteiger partial charge in [-0.1, -0.05) is 30.1 Å². The number of amides is 1. The first-order valence-corrected chi connectivity index (χ1v) is 8.99. The van der Waals surface area contributed by atoms with E-state index in [9.17, 15) is 9.90 Å². The Bertz CT molecular complexity index is 895. The predicted octanol–water partition coefficient (Wildman–Crippen LogP) is 4.19. The van der Waals surface area contributed by atoms with Crippen LogP contribution in [0.2, 0.25) is 0 Å². The maximum atomic E-state index is 12.5. The zero-order valence-corrected chi connectivity index (χ0v) is 15.7. The first kappa shape index (κ1) is 17.5. The van der Waals surface area contributed by atoms with Gasteiger partial charge in [0.15, 0.2) is 0 Å². The first-order valence-electron chi connectivity index (χ1n) is 7.77. The number of carbonyl (C=O) groups is 1. The van der Waals surface area contributed by atoms with Crippen LogP contribution in [0.1, 0.15) is 17.0 Å². The van der Waals surface area contributed by atoms with Crippen molar-refractivity contribution in [2.45, 2.75) is 13.8 Å². The molecule has 1 aromatic heterocycles. The van der Waals surface area contributed by atoms with E-state index < -0.39 is 0 Å². The van der Waals surface area contributed by atoms with Gasteiger partial charge >= 0.3 is 0 Å². The van der Waals surface area contributed by atoms with Gasteiger partial charge in [-0.25, -0.2) is 0 Å². The van der Waals surface area contributed by atoms with E-state index in [4.69, 9.17) is 12.2 Å². The van der Waals surface area contributed by atoms with Crippen molar-refractivity contribution in [2.75, 3.05) is 6.54 Å². The number of aromatic hydroxyl groups is 1. The number of phenols is 1. The van der Waals surface area contributed by atoms with Gasteiger partial charge in [-0.3, -0.25) is 9.69 Å². The Morgan fingerprint density at radius 3 is 2.60 bits per heavy atom. The van der Waals surface area contributed by atoms with Gasteiger partial charge in [-0.15, -0.1) is 6.58 Å². The second-order valence-corrected chi connectivity index (χ2v) is 7.44. The van der Waals surface area contributed by atoms with Crippen LogP contribution < -0.4 is 0 Å². The molecule has 0 atom stereocenters. The summed E-state index contributed by atoms with van der Waals surface area (Å²) in [6, 6.07) is 9.09. The maximum absolute atomic E-state index is 12.5. The van der Waals surface area contributed by atoms with E-state index in [1.165, 1.54) is 11.8 Å². The van der Waals surface area contributed by atoms with Crippen molar-refractivity contribution in [2.24, 2.45) is 0 Å².